The molecule has 2 aromatic heterocycles. The molecule has 1 aromatic carbocycles. The molecule has 0 saturated carbocycles. The number of nitrogens with one attached hydrogen (secondary N) is 1. The Kier molecular flexibility index (Phi) is 3.97. The van der Waals surface area contributed by atoms with Crippen LogP contribution in [-0.2, 0) is 0 Å². The zero-order valence-electron chi connectivity index (χ0n) is 13.8. The van der Waals surface area contributed by atoms with Crippen LogP contribution in [-0.4, -0.2) is 33.5 Å². The highest BCUT2D eigenvalue weighted by molar-refractivity contribution is 5.93. The number of carbonyl (C=O) groups is 1. The van der Waals surface area contributed by atoms with Crippen LogP contribution in [0.1, 0.15) is 35.4 Å². The Bertz CT molecular complexity index is 889. The Balaban J connectivity index is 1.56. The summed E-state index contributed by atoms with van der Waals surface area (Å²) in [6, 6.07) is 7.41. The lowest BCUT2D eigenvalue weighted by Crippen LogP contribution is -2.28. The molecule has 3 heterocycles. The van der Waals surface area contributed by atoms with E-state index in [0.717, 1.165) is 17.7 Å². The molecule has 7 nitrogen and oxygen atoms in total. The molecule has 3 aromatic rings. The molecule has 1 N–H and O–H groups in total. The van der Waals surface area contributed by atoms with Crippen molar-refractivity contribution in [1.29, 1.82) is 0 Å². The summed E-state index contributed by atoms with van der Waals surface area (Å²) in [5.74, 6) is 1.73. The highest BCUT2D eigenvalue weighted by atomic mass is 16.6. The van der Waals surface area contributed by atoms with Gasteiger partial charge in [0.05, 0.1) is 6.04 Å². The molecule has 1 aliphatic heterocycles. The van der Waals surface area contributed by atoms with E-state index in [-0.39, 0.29) is 11.9 Å². The first-order valence-electron chi connectivity index (χ1n) is 8.24. The average Bonchev–Trinajstić information content (AvgIpc) is 3.10. The third-order valence-electron chi connectivity index (χ3n) is 4.15. The summed E-state index contributed by atoms with van der Waals surface area (Å²) in [5, 5.41) is 3.03. The van der Waals surface area contributed by atoms with Gasteiger partial charge in [0.25, 0.3) is 5.91 Å². The summed E-state index contributed by atoms with van der Waals surface area (Å²) in [7, 11) is 0. The Hall–Kier alpha value is -3.09. The number of hydrogen-bond acceptors (Lipinski definition) is 5. The fourth-order valence-corrected chi connectivity index (χ4v) is 2.87. The van der Waals surface area contributed by atoms with Gasteiger partial charge in [-0.2, -0.15) is 0 Å². The minimum absolute atomic E-state index is 0.138. The lowest BCUT2D eigenvalue weighted by molar-refractivity contribution is 0.0931. The van der Waals surface area contributed by atoms with Crippen LogP contribution in [0.4, 0.5) is 0 Å². The zero-order chi connectivity index (χ0) is 17.2. The first kappa shape index (κ1) is 15.4. The van der Waals surface area contributed by atoms with E-state index in [9.17, 15) is 4.79 Å². The topological polar surface area (TPSA) is 77.8 Å². The molecule has 7 heteroatoms. The molecule has 0 bridgehead atoms. The maximum atomic E-state index is 12.6. The number of fused-ring (bicyclic) bond motifs is 2. The molecular formula is C18H18N4O3. The van der Waals surface area contributed by atoms with E-state index in [1.807, 2.05) is 31.3 Å². The summed E-state index contributed by atoms with van der Waals surface area (Å²) in [4.78, 5) is 21.0. The minimum atomic E-state index is -0.229. The minimum Gasteiger partial charge on any atom is -0.486 e. The van der Waals surface area contributed by atoms with Gasteiger partial charge in [0.1, 0.15) is 18.9 Å². The first-order chi connectivity index (χ1) is 12.2. The maximum absolute atomic E-state index is 12.6. The first-order valence-corrected chi connectivity index (χ1v) is 8.24. The van der Waals surface area contributed by atoms with E-state index < -0.39 is 0 Å². The van der Waals surface area contributed by atoms with Crippen LogP contribution in [0.5, 0.6) is 11.5 Å². The van der Waals surface area contributed by atoms with Crippen molar-refractivity contribution >= 4 is 11.7 Å². The summed E-state index contributed by atoms with van der Waals surface area (Å²) >= 11 is 0. The molecule has 4 rings (SSSR count). The predicted molar refractivity (Wildman–Crippen MR) is 90.9 cm³/mol. The predicted octanol–water partition coefficient (Wildman–Crippen LogP) is 2.38. The van der Waals surface area contributed by atoms with Crippen molar-refractivity contribution in [1.82, 2.24) is 19.7 Å². The van der Waals surface area contributed by atoms with Gasteiger partial charge in [0.2, 0.25) is 5.78 Å². The number of ether oxygens (including phenoxy) is 2. The van der Waals surface area contributed by atoms with Crippen LogP contribution in [0.15, 0.2) is 42.9 Å². The van der Waals surface area contributed by atoms with E-state index in [1.165, 1.54) is 0 Å². The quantitative estimate of drug-likeness (QED) is 0.790. The lowest BCUT2D eigenvalue weighted by atomic mass is 10.0. The second kappa shape index (κ2) is 6.43. The molecule has 0 aliphatic carbocycles. The normalized spacial score (nSPS) is 14.3. The molecule has 25 heavy (non-hydrogen) atoms. The van der Waals surface area contributed by atoms with Gasteiger partial charge in [-0.05, 0) is 30.2 Å². The summed E-state index contributed by atoms with van der Waals surface area (Å²) in [6.07, 6.45) is 5.88. The van der Waals surface area contributed by atoms with Gasteiger partial charge >= 0.3 is 0 Å². The van der Waals surface area contributed by atoms with Crippen molar-refractivity contribution < 1.29 is 14.3 Å². The van der Waals surface area contributed by atoms with Crippen molar-refractivity contribution in [2.75, 3.05) is 13.2 Å². The number of nitrogens with zero attached hydrogens (tertiary/aromatic N) is 3. The fraction of sp³-hybridized carbons (Fsp3) is 0.278. The molecular weight excluding hydrogens is 320 g/mol. The monoisotopic (exact) mass is 338 g/mol. The summed E-state index contributed by atoms with van der Waals surface area (Å²) in [6.45, 7) is 3.11. The Morgan fingerprint density at radius 2 is 2.16 bits per heavy atom. The van der Waals surface area contributed by atoms with Crippen LogP contribution in [0.25, 0.3) is 5.78 Å². The van der Waals surface area contributed by atoms with E-state index in [0.29, 0.717) is 30.4 Å². The van der Waals surface area contributed by atoms with Crippen LogP contribution in [0.2, 0.25) is 0 Å². The SMILES string of the molecule is CC[C@H](NC(=O)c1cn2cccnc2n1)c1ccc2c(c1)OCCO2. The Morgan fingerprint density at radius 3 is 2.96 bits per heavy atom. The molecule has 1 aliphatic rings. The highest BCUT2D eigenvalue weighted by Crippen LogP contribution is 2.33. The molecule has 0 radical (unpaired) electrons. The highest BCUT2D eigenvalue weighted by Gasteiger charge is 2.19. The van der Waals surface area contributed by atoms with Crippen LogP contribution < -0.4 is 14.8 Å². The van der Waals surface area contributed by atoms with Crippen LogP contribution >= 0.6 is 0 Å². The Morgan fingerprint density at radius 1 is 1.32 bits per heavy atom. The number of carbonyl (C=O) groups excluding carboxylic acids is 1. The van der Waals surface area contributed by atoms with Crippen LogP contribution in [0, 0.1) is 0 Å². The van der Waals surface area contributed by atoms with Crippen molar-refractivity contribution in [3.63, 3.8) is 0 Å². The zero-order valence-corrected chi connectivity index (χ0v) is 13.8. The van der Waals surface area contributed by atoms with E-state index in [1.54, 1.807) is 22.9 Å². The van der Waals surface area contributed by atoms with Gasteiger partial charge in [-0.1, -0.05) is 13.0 Å². The molecule has 1 atom stereocenters. The molecule has 0 spiro atoms. The third kappa shape index (κ3) is 3.00. The average molecular weight is 338 g/mol. The van der Waals surface area contributed by atoms with Gasteiger partial charge in [-0.25, -0.2) is 9.97 Å². The molecule has 1 amide bonds. The van der Waals surface area contributed by atoms with Crippen molar-refractivity contribution in [3.8, 4) is 11.5 Å². The van der Waals surface area contributed by atoms with Crippen molar-refractivity contribution in [2.45, 2.75) is 19.4 Å². The van der Waals surface area contributed by atoms with Gasteiger partial charge in [0, 0.05) is 18.6 Å². The molecule has 0 fully saturated rings. The molecule has 0 unspecified atom stereocenters. The van der Waals surface area contributed by atoms with E-state index in [2.05, 4.69) is 15.3 Å². The van der Waals surface area contributed by atoms with E-state index in [4.69, 9.17) is 9.47 Å². The summed E-state index contributed by atoms with van der Waals surface area (Å²) in [5.41, 5.74) is 1.32. The second-order valence-corrected chi connectivity index (χ2v) is 5.79. The van der Waals surface area contributed by atoms with Gasteiger partial charge in [0.15, 0.2) is 11.5 Å². The second-order valence-electron chi connectivity index (χ2n) is 5.79. The number of hydrogen-bond donors (Lipinski definition) is 1. The van der Waals surface area contributed by atoms with E-state index >= 15 is 0 Å². The van der Waals surface area contributed by atoms with Gasteiger partial charge < -0.3 is 14.8 Å². The number of imidazole rings is 1. The molecule has 128 valence electrons. The number of amides is 1. The third-order valence-corrected chi connectivity index (χ3v) is 4.15. The lowest BCUT2D eigenvalue weighted by Gasteiger charge is -2.22. The number of aromatic nitrogens is 3. The van der Waals surface area contributed by atoms with Gasteiger partial charge in [-0.15, -0.1) is 0 Å². The number of benzene rings is 1. The fourth-order valence-electron chi connectivity index (χ4n) is 2.87. The van der Waals surface area contributed by atoms with Crippen LogP contribution in [0.3, 0.4) is 0 Å². The number of rotatable bonds is 4. The van der Waals surface area contributed by atoms with Crippen molar-refractivity contribution in [3.05, 3.63) is 54.1 Å². The van der Waals surface area contributed by atoms with Gasteiger partial charge in [-0.3, -0.25) is 9.20 Å². The summed E-state index contributed by atoms with van der Waals surface area (Å²) < 4.78 is 12.9. The Labute approximate surface area is 144 Å². The smallest absolute Gasteiger partial charge is 0.272 e. The standard InChI is InChI=1S/C18H18N4O3/c1-2-13(12-4-5-15-16(10-12)25-9-8-24-15)20-17(23)14-11-22-7-3-6-19-18(22)21-14/h3-7,10-11,13H,2,8-9H2,1H3,(H,20,23)/t13-/m0/s1. The maximum Gasteiger partial charge on any atom is 0.272 e. The largest absolute Gasteiger partial charge is 0.486 e. The molecule has 0 saturated heterocycles. The van der Waals surface area contributed by atoms with Crippen molar-refractivity contribution in [2.24, 2.45) is 0 Å².